The largest absolute Gasteiger partial charge is 0.334 e. The molecule has 0 unspecified atom stereocenters. The van der Waals surface area contributed by atoms with E-state index in [0.717, 1.165) is 0 Å². The molecule has 7 nitrogen and oxygen atoms in total. The van der Waals surface area contributed by atoms with Crippen LogP contribution < -0.4 is 10.9 Å². The van der Waals surface area contributed by atoms with Crippen molar-refractivity contribution in [1.29, 1.82) is 0 Å². The van der Waals surface area contributed by atoms with Gasteiger partial charge in [-0.15, -0.1) is 0 Å². The van der Waals surface area contributed by atoms with Crippen molar-refractivity contribution in [3.05, 3.63) is 46.0 Å². The number of carbonyl (C=O) groups is 1. The van der Waals surface area contributed by atoms with Crippen LogP contribution in [0.15, 0.2) is 29.1 Å². The predicted octanol–water partition coefficient (Wildman–Crippen LogP) is 0.996. The number of rotatable bonds is 3. The lowest BCUT2D eigenvalue weighted by Gasteiger charge is -2.23. The number of sulfone groups is 1. The van der Waals surface area contributed by atoms with Gasteiger partial charge in [-0.1, -0.05) is 0 Å². The van der Waals surface area contributed by atoms with Crippen molar-refractivity contribution in [2.75, 3.05) is 18.6 Å². The lowest BCUT2D eigenvalue weighted by molar-refractivity contribution is 0.194. The lowest BCUT2D eigenvalue weighted by Crippen LogP contribution is -2.44. The lowest BCUT2D eigenvalue weighted by atomic mass is 10.1. The van der Waals surface area contributed by atoms with Gasteiger partial charge in [0.1, 0.15) is 5.82 Å². The number of aromatic amines is 1. The van der Waals surface area contributed by atoms with Crippen molar-refractivity contribution in [2.45, 2.75) is 19.0 Å². The maximum absolute atomic E-state index is 13.2. The number of hydrogen-bond acceptors (Lipinski definition) is 4. The molecule has 2 amide bonds. The van der Waals surface area contributed by atoms with Gasteiger partial charge in [0.2, 0.25) is 0 Å². The molecule has 0 radical (unpaired) electrons. The summed E-state index contributed by atoms with van der Waals surface area (Å²) in [6.07, 6.45) is 0.411. The fourth-order valence-corrected chi connectivity index (χ4v) is 4.67. The predicted molar refractivity (Wildman–Crippen MR) is 91.6 cm³/mol. The number of fused-ring (bicyclic) bond motifs is 1. The molecule has 0 bridgehead atoms. The Morgan fingerprint density at radius 2 is 2.16 bits per heavy atom. The van der Waals surface area contributed by atoms with E-state index in [0.29, 0.717) is 22.9 Å². The second-order valence-corrected chi connectivity index (χ2v) is 8.41. The maximum atomic E-state index is 13.2. The highest BCUT2D eigenvalue weighted by Crippen LogP contribution is 2.17. The standard InChI is InChI=1S/C16H18FN3O4S/c1-20(13-4-5-25(23,24)9-13)16(22)18-8-11-6-10-2-3-12(17)7-14(10)19-15(11)21/h2-3,6-7,13H,4-5,8-9H2,1H3,(H,18,22)(H,19,21)/t13-/m0/s1. The van der Waals surface area contributed by atoms with Gasteiger partial charge in [-0.2, -0.15) is 0 Å². The molecule has 0 aliphatic carbocycles. The number of hydrogen-bond donors (Lipinski definition) is 2. The Labute approximate surface area is 143 Å². The van der Waals surface area contributed by atoms with Crippen LogP contribution in [-0.2, 0) is 16.4 Å². The molecule has 134 valence electrons. The zero-order chi connectivity index (χ0) is 18.2. The number of carbonyl (C=O) groups excluding carboxylic acids is 1. The minimum atomic E-state index is -3.08. The minimum Gasteiger partial charge on any atom is -0.334 e. The highest BCUT2D eigenvalue weighted by atomic mass is 32.2. The van der Waals surface area contributed by atoms with Gasteiger partial charge in [-0.25, -0.2) is 17.6 Å². The quantitative estimate of drug-likeness (QED) is 0.845. The van der Waals surface area contributed by atoms with Crippen molar-refractivity contribution < 1.29 is 17.6 Å². The Balaban J connectivity index is 1.70. The number of halogens is 1. The van der Waals surface area contributed by atoms with E-state index in [2.05, 4.69) is 10.3 Å². The van der Waals surface area contributed by atoms with Crippen LogP contribution in [0.2, 0.25) is 0 Å². The molecule has 1 aliphatic rings. The van der Waals surface area contributed by atoms with Gasteiger partial charge in [0, 0.05) is 25.2 Å². The first-order valence-corrected chi connectivity index (χ1v) is 9.60. The normalized spacial score (nSPS) is 19.0. The van der Waals surface area contributed by atoms with Gasteiger partial charge in [-0.3, -0.25) is 4.79 Å². The van der Waals surface area contributed by atoms with Crippen molar-refractivity contribution in [3.63, 3.8) is 0 Å². The van der Waals surface area contributed by atoms with Crippen LogP contribution in [0.3, 0.4) is 0 Å². The first kappa shape index (κ1) is 17.4. The van der Waals surface area contributed by atoms with Crippen molar-refractivity contribution in [1.82, 2.24) is 15.2 Å². The summed E-state index contributed by atoms with van der Waals surface area (Å²) >= 11 is 0. The third-order valence-corrected chi connectivity index (χ3v) is 6.14. The average molecular weight is 367 g/mol. The summed E-state index contributed by atoms with van der Waals surface area (Å²) in [4.78, 5) is 28.2. The van der Waals surface area contributed by atoms with Gasteiger partial charge in [0.25, 0.3) is 5.56 Å². The molecule has 3 rings (SSSR count). The summed E-state index contributed by atoms with van der Waals surface area (Å²) in [6.45, 7) is -0.00864. The topological polar surface area (TPSA) is 99.3 Å². The molecule has 2 aromatic rings. The monoisotopic (exact) mass is 367 g/mol. The number of H-pyrrole nitrogens is 1. The molecule has 9 heteroatoms. The fourth-order valence-electron chi connectivity index (χ4n) is 2.89. The van der Waals surface area contributed by atoms with E-state index in [1.54, 1.807) is 12.1 Å². The number of amides is 2. The molecule has 2 N–H and O–H groups in total. The third-order valence-electron chi connectivity index (χ3n) is 4.39. The first-order chi connectivity index (χ1) is 11.7. The number of nitrogens with one attached hydrogen (secondary N) is 2. The van der Waals surface area contributed by atoms with Gasteiger partial charge < -0.3 is 15.2 Å². The van der Waals surface area contributed by atoms with Gasteiger partial charge >= 0.3 is 6.03 Å². The molecule has 1 aromatic heterocycles. The number of urea groups is 1. The van der Waals surface area contributed by atoms with E-state index in [1.165, 1.54) is 24.1 Å². The smallest absolute Gasteiger partial charge is 0.317 e. The van der Waals surface area contributed by atoms with Crippen molar-refractivity contribution in [2.24, 2.45) is 0 Å². The van der Waals surface area contributed by atoms with Gasteiger partial charge in [0.15, 0.2) is 9.84 Å². The van der Waals surface area contributed by atoms with Gasteiger partial charge in [0.05, 0.1) is 17.0 Å². The molecule has 0 saturated carbocycles. The van der Waals surface area contributed by atoms with E-state index < -0.39 is 27.2 Å². The zero-order valence-electron chi connectivity index (χ0n) is 13.6. The Bertz CT molecular complexity index is 987. The minimum absolute atomic E-state index is 0.00864. The Morgan fingerprint density at radius 1 is 1.40 bits per heavy atom. The van der Waals surface area contributed by atoms with E-state index >= 15 is 0 Å². The Kier molecular flexibility index (Phi) is 4.51. The van der Waals surface area contributed by atoms with Crippen LogP contribution in [0.1, 0.15) is 12.0 Å². The molecule has 1 aromatic carbocycles. The summed E-state index contributed by atoms with van der Waals surface area (Å²) in [7, 11) is -1.55. The van der Waals surface area contributed by atoms with Crippen LogP contribution in [0, 0.1) is 5.82 Å². The molecule has 1 saturated heterocycles. The van der Waals surface area contributed by atoms with Crippen molar-refractivity contribution >= 4 is 26.8 Å². The molecule has 2 heterocycles. The molecule has 25 heavy (non-hydrogen) atoms. The highest BCUT2D eigenvalue weighted by molar-refractivity contribution is 7.91. The van der Waals surface area contributed by atoms with Gasteiger partial charge in [-0.05, 0) is 36.1 Å². The summed E-state index contributed by atoms with van der Waals surface area (Å²) in [5.41, 5.74) is 0.303. The van der Waals surface area contributed by atoms with Crippen LogP contribution in [0.25, 0.3) is 10.9 Å². The SMILES string of the molecule is CN(C(=O)NCc1cc2ccc(F)cc2[nH]c1=O)[C@H]1CCS(=O)(=O)C1. The van der Waals surface area contributed by atoms with Crippen LogP contribution in [0.5, 0.6) is 0 Å². The zero-order valence-corrected chi connectivity index (χ0v) is 14.4. The third kappa shape index (κ3) is 3.81. The van der Waals surface area contributed by atoms with E-state index in [-0.39, 0.29) is 24.1 Å². The van der Waals surface area contributed by atoms with E-state index in [9.17, 15) is 22.4 Å². The summed E-state index contributed by atoms with van der Waals surface area (Å²) < 4.78 is 36.2. The summed E-state index contributed by atoms with van der Waals surface area (Å²) in [5, 5.41) is 3.27. The second-order valence-electron chi connectivity index (χ2n) is 6.18. The summed E-state index contributed by atoms with van der Waals surface area (Å²) in [5.74, 6) is -0.410. The molecular weight excluding hydrogens is 349 g/mol. The van der Waals surface area contributed by atoms with E-state index in [4.69, 9.17) is 0 Å². The first-order valence-electron chi connectivity index (χ1n) is 7.78. The Hall–Kier alpha value is -2.42. The number of nitrogens with zero attached hydrogens (tertiary/aromatic N) is 1. The molecular formula is C16H18FN3O4S. The molecule has 1 aliphatic heterocycles. The highest BCUT2D eigenvalue weighted by Gasteiger charge is 2.32. The average Bonchev–Trinajstić information content (AvgIpc) is 2.91. The van der Waals surface area contributed by atoms with Crippen LogP contribution in [-0.4, -0.2) is 48.9 Å². The number of aromatic nitrogens is 1. The van der Waals surface area contributed by atoms with E-state index in [1.807, 2.05) is 0 Å². The summed E-state index contributed by atoms with van der Waals surface area (Å²) in [6, 6.07) is 4.85. The molecule has 1 atom stereocenters. The Morgan fingerprint density at radius 3 is 2.84 bits per heavy atom. The maximum Gasteiger partial charge on any atom is 0.317 e. The second kappa shape index (κ2) is 6.47. The number of benzene rings is 1. The number of pyridine rings is 1. The molecule has 1 fully saturated rings. The molecule has 0 spiro atoms. The fraction of sp³-hybridized carbons (Fsp3) is 0.375. The van der Waals surface area contributed by atoms with Crippen LogP contribution >= 0.6 is 0 Å². The van der Waals surface area contributed by atoms with Crippen LogP contribution in [0.4, 0.5) is 9.18 Å². The van der Waals surface area contributed by atoms with Crippen molar-refractivity contribution in [3.8, 4) is 0 Å².